The predicted octanol–water partition coefficient (Wildman–Crippen LogP) is 0.856. The molecule has 1 unspecified atom stereocenters. The number of likely N-dealkylation sites (N-methyl/N-ethyl adjacent to an activating group) is 1. The van der Waals surface area contributed by atoms with Gasteiger partial charge in [0.1, 0.15) is 0 Å². The molecule has 0 radical (unpaired) electrons. The zero-order valence-corrected chi connectivity index (χ0v) is 13.1. The van der Waals surface area contributed by atoms with Gasteiger partial charge in [0.05, 0.1) is 30.5 Å². The van der Waals surface area contributed by atoms with E-state index in [1.807, 2.05) is 0 Å². The molecule has 21 heavy (non-hydrogen) atoms. The molecule has 2 rings (SSSR count). The van der Waals surface area contributed by atoms with Gasteiger partial charge in [0.2, 0.25) is 0 Å². The van der Waals surface area contributed by atoms with Crippen LogP contribution in [0.2, 0.25) is 0 Å². The van der Waals surface area contributed by atoms with Gasteiger partial charge in [-0.25, -0.2) is 8.42 Å². The van der Waals surface area contributed by atoms with Gasteiger partial charge in [-0.3, -0.25) is 0 Å². The van der Waals surface area contributed by atoms with Crippen LogP contribution in [0.15, 0.2) is 23.1 Å². The number of benzene rings is 1. The first-order chi connectivity index (χ1) is 10.1. The van der Waals surface area contributed by atoms with Crippen molar-refractivity contribution < 1.29 is 22.6 Å². The summed E-state index contributed by atoms with van der Waals surface area (Å²) in [5, 5.41) is 2.94. The minimum atomic E-state index is -3.42. The molecule has 0 aromatic heterocycles. The average molecular weight is 315 g/mol. The minimum Gasteiger partial charge on any atom is -0.490 e. The van der Waals surface area contributed by atoms with Gasteiger partial charge in [0, 0.05) is 25.6 Å². The van der Waals surface area contributed by atoms with E-state index in [1.165, 1.54) is 6.07 Å². The van der Waals surface area contributed by atoms with Crippen LogP contribution in [0.4, 0.5) is 0 Å². The van der Waals surface area contributed by atoms with Gasteiger partial charge in [-0.1, -0.05) is 0 Å². The first kappa shape index (κ1) is 16.1. The van der Waals surface area contributed by atoms with E-state index in [1.54, 1.807) is 26.3 Å². The number of hydrogen-bond donors (Lipinski definition) is 1. The number of hydrogen-bond acceptors (Lipinski definition) is 6. The monoisotopic (exact) mass is 315 g/mol. The molecule has 0 aliphatic carbocycles. The summed E-state index contributed by atoms with van der Waals surface area (Å²) >= 11 is 0. The average Bonchev–Trinajstić information content (AvgIpc) is 2.71. The first-order valence-electron chi connectivity index (χ1n) is 6.85. The van der Waals surface area contributed by atoms with E-state index in [4.69, 9.17) is 14.2 Å². The van der Waals surface area contributed by atoms with Crippen LogP contribution in [0.5, 0.6) is 11.5 Å². The SMILES string of the molecule is CNC(COC)CS(=O)(=O)c1ccc2c(c1)OCCCO2. The van der Waals surface area contributed by atoms with Crippen molar-refractivity contribution in [3.63, 3.8) is 0 Å². The molecule has 1 heterocycles. The summed E-state index contributed by atoms with van der Waals surface area (Å²) in [7, 11) is -0.156. The molecule has 0 fully saturated rings. The van der Waals surface area contributed by atoms with Crippen LogP contribution < -0.4 is 14.8 Å². The van der Waals surface area contributed by atoms with Crippen molar-refractivity contribution in [1.29, 1.82) is 0 Å². The maximum Gasteiger partial charge on any atom is 0.180 e. The lowest BCUT2D eigenvalue weighted by molar-refractivity contribution is 0.176. The third kappa shape index (κ3) is 4.09. The Morgan fingerprint density at radius 3 is 2.67 bits per heavy atom. The fraction of sp³-hybridized carbons (Fsp3) is 0.571. The zero-order chi connectivity index (χ0) is 15.3. The van der Waals surface area contributed by atoms with Gasteiger partial charge in [-0.15, -0.1) is 0 Å². The molecule has 7 heteroatoms. The molecule has 1 aromatic rings. The van der Waals surface area contributed by atoms with Crippen molar-refractivity contribution in [2.75, 3.05) is 39.7 Å². The first-order valence-corrected chi connectivity index (χ1v) is 8.50. The summed E-state index contributed by atoms with van der Waals surface area (Å²) in [6, 6.07) is 4.49. The van der Waals surface area contributed by atoms with Crippen LogP contribution in [0.25, 0.3) is 0 Å². The third-order valence-electron chi connectivity index (χ3n) is 3.27. The fourth-order valence-corrected chi connectivity index (χ4v) is 3.66. The van der Waals surface area contributed by atoms with E-state index in [0.717, 1.165) is 6.42 Å². The molecule has 1 atom stereocenters. The topological polar surface area (TPSA) is 73.9 Å². The Morgan fingerprint density at radius 2 is 2.00 bits per heavy atom. The van der Waals surface area contributed by atoms with Crippen LogP contribution in [-0.2, 0) is 14.6 Å². The lowest BCUT2D eigenvalue weighted by Gasteiger charge is -2.16. The highest BCUT2D eigenvalue weighted by Gasteiger charge is 2.22. The Morgan fingerprint density at radius 1 is 1.29 bits per heavy atom. The van der Waals surface area contributed by atoms with Crippen molar-refractivity contribution in [3.05, 3.63) is 18.2 Å². The Balaban J connectivity index is 2.22. The highest BCUT2D eigenvalue weighted by molar-refractivity contribution is 7.91. The second kappa shape index (κ2) is 7.11. The maximum absolute atomic E-state index is 12.5. The second-order valence-corrected chi connectivity index (χ2v) is 6.92. The van der Waals surface area contributed by atoms with Gasteiger partial charge in [-0.05, 0) is 19.2 Å². The van der Waals surface area contributed by atoms with Crippen molar-refractivity contribution >= 4 is 9.84 Å². The number of sulfone groups is 1. The largest absolute Gasteiger partial charge is 0.490 e. The Kier molecular flexibility index (Phi) is 5.44. The highest BCUT2D eigenvalue weighted by Crippen LogP contribution is 2.32. The summed E-state index contributed by atoms with van der Waals surface area (Å²) < 4.78 is 41.0. The molecule has 1 N–H and O–H groups in total. The summed E-state index contributed by atoms with van der Waals surface area (Å²) in [6.07, 6.45) is 0.784. The van der Waals surface area contributed by atoms with E-state index >= 15 is 0 Å². The summed E-state index contributed by atoms with van der Waals surface area (Å²) in [6.45, 7) is 1.44. The lowest BCUT2D eigenvalue weighted by atomic mass is 10.3. The molecule has 118 valence electrons. The molecule has 0 spiro atoms. The molecule has 0 saturated carbocycles. The molecule has 0 saturated heterocycles. The minimum absolute atomic E-state index is 0.0308. The van der Waals surface area contributed by atoms with Crippen LogP contribution in [0.1, 0.15) is 6.42 Å². The van der Waals surface area contributed by atoms with Gasteiger partial charge >= 0.3 is 0 Å². The standard InChI is InChI=1S/C14H21NO5S/c1-15-11(9-18-2)10-21(16,17)12-4-5-13-14(8-12)20-7-3-6-19-13/h4-5,8,11,15H,3,6-7,9-10H2,1-2H3. The molecule has 1 aromatic carbocycles. The van der Waals surface area contributed by atoms with Crippen LogP contribution >= 0.6 is 0 Å². The zero-order valence-electron chi connectivity index (χ0n) is 12.3. The Labute approximate surface area is 125 Å². The fourth-order valence-electron chi connectivity index (χ4n) is 2.11. The van der Waals surface area contributed by atoms with E-state index in [0.29, 0.717) is 31.3 Å². The number of fused-ring (bicyclic) bond motifs is 1. The molecule has 6 nitrogen and oxygen atoms in total. The normalized spacial score (nSPS) is 16.3. The maximum atomic E-state index is 12.5. The van der Waals surface area contributed by atoms with Gasteiger partial charge in [-0.2, -0.15) is 0 Å². The van der Waals surface area contributed by atoms with E-state index in [2.05, 4.69) is 5.32 Å². The van der Waals surface area contributed by atoms with Crippen molar-refractivity contribution in [3.8, 4) is 11.5 Å². The Bertz CT molecular complexity index is 573. The molecule has 1 aliphatic heterocycles. The summed E-state index contributed by atoms with van der Waals surface area (Å²) in [5.41, 5.74) is 0. The molecule has 1 aliphatic rings. The van der Waals surface area contributed by atoms with E-state index in [-0.39, 0.29) is 16.7 Å². The van der Waals surface area contributed by atoms with Crippen molar-refractivity contribution in [2.45, 2.75) is 17.4 Å². The molecular weight excluding hydrogens is 294 g/mol. The molecular formula is C14H21NO5S. The van der Waals surface area contributed by atoms with E-state index < -0.39 is 9.84 Å². The van der Waals surface area contributed by atoms with Crippen molar-refractivity contribution in [2.24, 2.45) is 0 Å². The summed E-state index contributed by atoms with van der Waals surface area (Å²) in [4.78, 5) is 0.239. The third-order valence-corrected chi connectivity index (χ3v) is 5.09. The smallest absolute Gasteiger partial charge is 0.180 e. The number of methoxy groups -OCH3 is 1. The van der Waals surface area contributed by atoms with Crippen molar-refractivity contribution in [1.82, 2.24) is 5.32 Å². The second-order valence-electron chi connectivity index (χ2n) is 4.88. The van der Waals surface area contributed by atoms with Crippen LogP contribution in [-0.4, -0.2) is 54.2 Å². The highest BCUT2D eigenvalue weighted by atomic mass is 32.2. The quantitative estimate of drug-likeness (QED) is 0.839. The van der Waals surface area contributed by atoms with Crippen LogP contribution in [0.3, 0.4) is 0 Å². The van der Waals surface area contributed by atoms with Gasteiger partial charge < -0.3 is 19.5 Å². The number of nitrogens with one attached hydrogen (secondary N) is 1. The molecule has 0 bridgehead atoms. The lowest BCUT2D eigenvalue weighted by Crippen LogP contribution is -2.36. The summed E-state index contributed by atoms with van der Waals surface area (Å²) in [5.74, 6) is 1.05. The van der Waals surface area contributed by atoms with E-state index in [9.17, 15) is 8.42 Å². The van der Waals surface area contributed by atoms with Crippen LogP contribution in [0, 0.1) is 0 Å². The predicted molar refractivity (Wildman–Crippen MR) is 78.8 cm³/mol. The number of rotatable bonds is 6. The Hall–Kier alpha value is -1.31. The molecule has 0 amide bonds. The number of ether oxygens (including phenoxy) is 3. The van der Waals surface area contributed by atoms with Gasteiger partial charge in [0.15, 0.2) is 21.3 Å². The van der Waals surface area contributed by atoms with Gasteiger partial charge in [0.25, 0.3) is 0 Å².